The summed E-state index contributed by atoms with van der Waals surface area (Å²) < 4.78 is 0. The van der Waals surface area contributed by atoms with Gasteiger partial charge in [-0.25, -0.2) is 0 Å². The van der Waals surface area contributed by atoms with Crippen LogP contribution >= 0.6 is 0 Å². The van der Waals surface area contributed by atoms with E-state index in [2.05, 4.69) is 34.9 Å². The molecule has 1 aromatic carbocycles. The van der Waals surface area contributed by atoms with Crippen LogP contribution in [0.2, 0.25) is 0 Å². The van der Waals surface area contributed by atoms with Crippen molar-refractivity contribution in [3.05, 3.63) is 35.4 Å². The van der Waals surface area contributed by atoms with E-state index in [1.54, 1.807) is 7.05 Å². The molecule has 0 saturated heterocycles. The van der Waals surface area contributed by atoms with Crippen molar-refractivity contribution in [2.45, 2.75) is 25.3 Å². The first-order valence-electron chi connectivity index (χ1n) is 5.80. The molecule has 0 fully saturated rings. The van der Waals surface area contributed by atoms with Crippen molar-refractivity contribution in [2.75, 3.05) is 13.6 Å². The highest BCUT2D eigenvalue weighted by molar-refractivity contribution is 5.75. The van der Waals surface area contributed by atoms with Gasteiger partial charge in [0.1, 0.15) is 0 Å². The van der Waals surface area contributed by atoms with Crippen molar-refractivity contribution in [1.82, 2.24) is 10.6 Å². The van der Waals surface area contributed by atoms with Crippen LogP contribution in [0.15, 0.2) is 24.3 Å². The first-order chi connectivity index (χ1) is 7.79. The second kappa shape index (κ2) is 5.12. The fraction of sp³-hybridized carbons (Fsp3) is 0.462. The van der Waals surface area contributed by atoms with Crippen molar-refractivity contribution in [3.8, 4) is 0 Å². The van der Waals surface area contributed by atoms with Crippen molar-refractivity contribution >= 4 is 5.91 Å². The van der Waals surface area contributed by atoms with E-state index in [0.717, 1.165) is 19.4 Å². The lowest BCUT2D eigenvalue weighted by molar-refractivity contribution is -0.120. The Hall–Kier alpha value is -1.35. The van der Waals surface area contributed by atoms with Gasteiger partial charge in [0.25, 0.3) is 0 Å². The van der Waals surface area contributed by atoms with Crippen LogP contribution in [-0.4, -0.2) is 25.5 Å². The number of nitrogens with one attached hydrogen (secondary N) is 2. The van der Waals surface area contributed by atoms with Gasteiger partial charge in [-0.1, -0.05) is 24.3 Å². The first-order valence-corrected chi connectivity index (χ1v) is 5.80. The quantitative estimate of drug-likeness (QED) is 0.787. The molecule has 1 aliphatic rings. The summed E-state index contributed by atoms with van der Waals surface area (Å²) >= 11 is 0. The van der Waals surface area contributed by atoms with Gasteiger partial charge in [-0.3, -0.25) is 4.79 Å². The van der Waals surface area contributed by atoms with Crippen molar-refractivity contribution in [2.24, 2.45) is 0 Å². The van der Waals surface area contributed by atoms with Crippen LogP contribution in [0.4, 0.5) is 0 Å². The summed E-state index contributed by atoms with van der Waals surface area (Å²) in [6.45, 7) is 0.762. The van der Waals surface area contributed by atoms with E-state index in [0.29, 0.717) is 12.5 Å². The molecular weight excluding hydrogens is 200 g/mol. The molecule has 0 aliphatic heterocycles. The molecule has 0 atom stereocenters. The summed E-state index contributed by atoms with van der Waals surface area (Å²) in [7, 11) is 1.67. The van der Waals surface area contributed by atoms with Crippen molar-refractivity contribution in [3.63, 3.8) is 0 Å². The molecule has 0 spiro atoms. The number of carbonyl (C=O) groups excluding carboxylic acids is 1. The number of benzene rings is 1. The third kappa shape index (κ3) is 2.61. The average molecular weight is 218 g/mol. The molecule has 0 heterocycles. The zero-order chi connectivity index (χ0) is 11.4. The Balaban J connectivity index is 1.77. The summed E-state index contributed by atoms with van der Waals surface area (Å²) in [5.74, 6) is 0.100. The Morgan fingerprint density at radius 2 is 1.94 bits per heavy atom. The predicted octanol–water partition coefficient (Wildman–Crippen LogP) is 0.879. The topological polar surface area (TPSA) is 41.1 Å². The Morgan fingerprint density at radius 1 is 1.31 bits per heavy atom. The Labute approximate surface area is 96.2 Å². The highest BCUT2D eigenvalue weighted by atomic mass is 16.1. The molecule has 1 aromatic rings. The molecule has 0 aromatic heterocycles. The third-order valence-corrected chi connectivity index (χ3v) is 3.11. The number of hydrogen-bond donors (Lipinski definition) is 2. The number of hydrogen-bond acceptors (Lipinski definition) is 2. The highest BCUT2D eigenvalue weighted by Crippen LogP contribution is 2.21. The van der Waals surface area contributed by atoms with Crippen LogP contribution in [-0.2, 0) is 17.6 Å². The van der Waals surface area contributed by atoms with Crippen LogP contribution in [0, 0.1) is 0 Å². The molecule has 2 N–H and O–H groups in total. The molecule has 2 rings (SSSR count). The minimum atomic E-state index is 0.100. The van der Waals surface area contributed by atoms with Gasteiger partial charge in [-0.05, 0) is 24.0 Å². The maximum atomic E-state index is 11.1. The molecule has 0 radical (unpaired) electrons. The highest BCUT2D eigenvalue weighted by Gasteiger charge is 2.19. The summed E-state index contributed by atoms with van der Waals surface area (Å²) in [5.41, 5.74) is 2.89. The largest absolute Gasteiger partial charge is 0.359 e. The molecular formula is C13H18N2O. The molecule has 1 aliphatic carbocycles. The molecule has 1 amide bonds. The maximum absolute atomic E-state index is 11.1. The normalized spacial score (nSPS) is 14.8. The van der Waals surface area contributed by atoms with Crippen molar-refractivity contribution in [1.29, 1.82) is 0 Å². The minimum Gasteiger partial charge on any atom is -0.359 e. The molecule has 3 heteroatoms. The Kier molecular flexibility index (Phi) is 3.57. The molecule has 0 saturated carbocycles. The van der Waals surface area contributed by atoms with Crippen LogP contribution in [0.5, 0.6) is 0 Å². The number of amides is 1. The standard InChI is InChI=1S/C13H18N2O/c1-14-13(16)6-7-15-12-8-10-4-2-3-5-11(10)9-12/h2-5,12,15H,6-9H2,1H3,(H,14,16). The van der Waals surface area contributed by atoms with Gasteiger partial charge in [0.2, 0.25) is 5.91 Å². The van der Waals surface area contributed by atoms with Gasteiger partial charge < -0.3 is 10.6 Å². The third-order valence-electron chi connectivity index (χ3n) is 3.11. The van der Waals surface area contributed by atoms with Crippen LogP contribution in [0.25, 0.3) is 0 Å². The van der Waals surface area contributed by atoms with E-state index in [-0.39, 0.29) is 5.91 Å². The summed E-state index contributed by atoms with van der Waals surface area (Å²) in [4.78, 5) is 11.1. The first kappa shape index (κ1) is 11.1. The predicted molar refractivity (Wildman–Crippen MR) is 64.3 cm³/mol. The average Bonchev–Trinajstić information content (AvgIpc) is 2.71. The minimum absolute atomic E-state index is 0.100. The molecule has 86 valence electrons. The SMILES string of the molecule is CNC(=O)CCNC1Cc2ccccc2C1. The second-order valence-electron chi connectivity index (χ2n) is 4.25. The van der Waals surface area contributed by atoms with Crippen molar-refractivity contribution < 1.29 is 4.79 Å². The second-order valence-corrected chi connectivity index (χ2v) is 4.25. The number of fused-ring (bicyclic) bond motifs is 1. The van der Waals surface area contributed by atoms with Crippen LogP contribution < -0.4 is 10.6 Å². The zero-order valence-electron chi connectivity index (χ0n) is 9.62. The van der Waals surface area contributed by atoms with Gasteiger partial charge in [0.05, 0.1) is 0 Å². The van der Waals surface area contributed by atoms with Gasteiger partial charge in [-0.2, -0.15) is 0 Å². The lowest BCUT2D eigenvalue weighted by Gasteiger charge is -2.10. The Morgan fingerprint density at radius 3 is 2.50 bits per heavy atom. The summed E-state index contributed by atoms with van der Waals surface area (Å²) in [6.07, 6.45) is 2.73. The van der Waals surface area contributed by atoms with Crippen LogP contribution in [0.1, 0.15) is 17.5 Å². The van der Waals surface area contributed by atoms with Gasteiger partial charge >= 0.3 is 0 Å². The van der Waals surface area contributed by atoms with E-state index < -0.39 is 0 Å². The lowest BCUT2D eigenvalue weighted by Crippen LogP contribution is -2.33. The van der Waals surface area contributed by atoms with Gasteiger partial charge in [-0.15, -0.1) is 0 Å². The van der Waals surface area contributed by atoms with E-state index in [9.17, 15) is 4.79 Å². The van der Waals surface area contributed by atoms with Gasteiger partial charge in [0.15, 0.2) is 0 Å². The zero-order valence-corrected chi connectivity index (χ0v) is 9.62. The molecule has 16 heavy (non-hydrogen) atoms. The van der Waals surface area contributed by atoms with Gasteiger partial charge in [0, 0.05) is 26.1 Å². The molecule has 0 unspecified atom stereocenters. The smallest absolute Gasteiger partial charge is 0.221 e. The fourth-order valence-corrected chi connectivity index (χ4v) is 2.22. The van der Waals surface area contributed by atoms with E-state index in [1.165, 1.54) is 11.1 Å². The van der Waals surface area contributed by atoms with E-state index in [1.807, 2.05) is 0 Å². The molecule has 0 bridgehead atoms. The van der Waals surface area contributed by atoms with E-state index >= 15 is 0 Å². The fourth-order valence-electron chi connectivity index (χ4n) is 2.22. The van der Waals surface area contributed by atoms with E-state index in [4.69, 9.17) is 0 Å². The monoisotopic (exact) mass is 218 g/mol. The maximum Gasteiger partial charge on any atom is 0.221 e. The lowest BCUT2D eigenvalue weighted by atomic mass is 10.1. The summed E-state index contributed by atoms with van der Waals surface area (Å²) in [5, 5.41) is 6.06. The number of rotatable bonds is 4. The van der Waals surface area contributed by atoms with Crippen LogP contribution in [0.3, 0.4) is 0 Å². The molecule has 3 nitrogen and oxygen atoms in total. The number of carbonyl (C=O) groups is 1. The Bertz CT molecular complexity index is 351. The summed E-state index contributed by atoms with van der Waals surface area (Å²) in [6, 6.07) is 9.06.